The lowest BCUT2D eigenvalue weighted by Gasteiger charge is -2.27. The Morgan fingerprint density at radius 2 is 0.804 bits per heavy atom. The highest BCUT2D eigenvalue weighted by Crippen LogP contribution is 2.45. The molecule has 264 valence electrons. The molecule has 56 heavy (non-hydrogen) atoms. The van der Waals surface area contributed by atoms with E-state index in [1.807, 2.05) is 72.8 Å². The Balaban J connectivity index is 1.15. The zero-order valence-electron chi connectivity index (χ0n) is 30.3. The Morgan fingerprint density at radius 3 is 1.34 bits per heavy atom. The first-order valence-electron chi connectivity index (χ1n) is 18.7. The molecule has 10 aromatic rings. The van der Waals surface area contributed by atoms with Crippen molar-refractivity contribution in [3.05, 3.63) is 206 Å². The van der Waals surface area contributed by atoms with Crippen LogP contribution < -0.4 is 4.90 Å². The van der Waals surface area contributed by atoms with Gasteiger partial charge in [-0.2, -0.15) is 0 Å². The van der Waals surface area contributed by atoms with E-state index in [1.54, 1.807) is 0 Å². The molecule has 0 aliphatic carbocycles. The third kappa shape index (κ3) is 6.27. The van der Waals surface area contributed by atoms with Crippen molar-refractivity contribution in [2.24, 2.45) is 0 Å². The molecule has 0 aliphatic rings. The highest BCUT2D eigenvalue weighted by molar-refractivity contribution is 6.14. The molecule has 0 N–H and O–H groups in total. The van der Waals surface area contributed by atoms with Crippen LogP contribution in [0.3, 0.4) is 0 Å². The summed E-state index contributed by atoms with van der Waals surface area (Å²) in [5, 5.41) is 2.03. The Kier molecular flexibility index (Phi) is 8.43. The third-order valence-corrected chi connectivity index (χ3v) is 10.1. The van der Waals surface area contributed by atoms with Crippen LogP contribution in [0.25, 0.3) is 78.4 Å². The van der Waals surface area contributed by atoms with Gasteiger partial charge in [-0.3, -0.25) is 0 Å². The molecule has 0 saturated carbocycles. The van der Waals surface area contributed by atoms with Crippen molar-refractivity contribution in [3.8, 4) is 56.4 Å². The first-order valence-corrected chi connectivity index (χ1v) is 18.7. The number of furan rings is 1. The monoisotopic (exact) mass is 718 g/mol. The number of fused-ring (bicyclic) bond motifs is 3. The number of aromatic nitrogens is 3. The van der Waals surface area contributed by atoms with Gasteiger partial charge in [0.2, 0.25) is 0 Å². The fourth-order valence-corrected chi connectivity index (χ4v) is 7.41. The van der Waals surface area contributed by atoms with E-state index in [0.29, 0.717) is 17.5 Å². The highest BCUT2D eigenvalue weighted by Gasteiger charge is 2.22. The van der Waals surface area contributed by atoms with Crippen LogP contribution in [0.1, 0.15) is 0 Å². The van der Waals surface area contributed by atoms with Crippen LogP contribution in [0.5, 0.6) is 0 Å². The molecule has 0 fully saturated rings. The van der Waals surface area contributed by atoms with Crippen molar-refractivity contribution < 1.29 is 4.42 Å². The predicted molar refractivity (Wildman–Crippen MR) is 229 cm³/mol. The van der Waals surface area contributed by atoms with Gasteiger partial charge in [0.15, 0.2) is 17.5 Å². The largest absolute Gasteiger partial charge is 0.456 e. The summed E-state index contributed by atoms with van der Waals surface area (Å²) in [5.41, 5.74) is 11.9. The number of anilines is 3. The van der Waals surface area contributed by atoms with Gasteiger partial charge in [-0.15, -0.1) is 0 Å². The summed E-state index contributed by atoms with van der Waals surface area (Å²) < 4.78 is 6.70. The van der Waals surface area contributed by atoms with Crippen molar-refractivity contribution >= 4 is 39.0 Å². The van der Waals surface area contributed by atoms with E-state index >= 15 is 0 Å². The molecule has 0 saturated heterocycles. The summed E-state index contributed by atoms with van der Waals surface area (Å²) in [4.78, 5) is 17.2. The zero-order chi connectivity index (χ0) is 37.3. The van der Waals surface area contributed by atoms with Crippen LogP contribution in [0.4, 0.5) is 17.1 Å². The number of hydrogen-bond donors (Lipinski definition) is 0. The maximum atomic E-state index is 6.70. The molecule has 0 aliphatic heterocycles. The number of rotatable bonds is 8. The molecule has 0 amide bonds. The molecule has 5 nitrogen and oxygen atoms in total. The van der Waals surface area contributed by atoms with Crippen molar-refractivity contribution in [1.82, 2.24) is 15.0 Å². The minimum atomic E-state index is 0.581. The van der Waals surface area contributed by atoms with Crippen LogP contribution >= 0.6 is 0 Å². The molecule has 0 spiro atoms. The van der Waals surface area contributed by atoms with Gasteiger partial charge in [0, 0.05) is 33.5 Å². The summed E-state index contributed by atoms with van der Waals surface area (Å²) in [7, 11) is 0. The van der Waals surface area contributed by atoms with Gasteiger partial charge in [-0.05, 0) is 76.9 Å². The van der Waals surface area contributed by atoms with Crippen molar-refractivity contribution in [1.29, 1.82) is 0 Å². The van der Waals surface area contributed by atoms with Crippen LogP contribution in [0.15, 0.2) is 211 Å². The number of para-hydroxylation sites is 1. The lowest BCUT2D eigenvalue weighted by molar-refractivity contribution is 0.669. The van der Waals surface area contributed by atoms with Gasteiger partial charge in [0.05, 0.1) is 11.1 Å². The molecule has 0 atom stereocenters. The van der Waals surface area contributed by atoms with Gasteiger partial charge in [0.1, 0.15) is 11.2 Å². The summed E-state index contributed by atoms with van der Waals surface area (Å²) in [6.07, 6.45) is 0. The summed E-state index contributed by atoms with van der Waals surface area (Å²) >= 11 is 0. The molecule has 0 radical (unpaired) electrons. The minimum Gasteiger partial charge on any atom is -0.456 e. The fourth-order valence-electron chi connectivity index (χ4n) is 7.41. The van der Waals surface area contributed by atoms with E-state index < -0.39 is 0 Å². The van der Waals surface area contributed by atoms with Crippen LogP contribution in [-0.4, -0.2) is 15.0 Å². The quantitative estimate of drug-likeness (QED) is 0.157. The van der Waals surface area contributed by atoms with Crippen LogP contribution in [-0.2, 0) is 0 Å². The molecular formula is C51H34N4O. The average Bonchev–Trinajstić information content (AvgIpc) is 3.67. The number of hydrogen-bond acceptors (Lipinski definition) is 5. The second-order valence-electron chi connectivity index (χ2n) is 13.7. The summed E-state index contributed by atoms with van der Waals surface area (Å²) in [6, 6.07) is 71.2. The zero-order valence-corrected chi connectivity index (χ0v) is 30.3. The minimum absolute atomic E-state index is 0.581. The average molecular weight is 719 g/mol. The number of benzene rings is 8. The standard InChI is InChI=1S/C51H34N4O/c1-6-17-35(18-7-1)40-31-41(36-19-8-2-9-20-36)33-43(32-40)55(42-25-14-5-15-26-42)45-27-16-28-46-48(45)44-30-29-39(34-47(44)56-46)51-53-49(37-21-10-3-11-22-37)52-50(54-51)38-23-12-4-13-24-38/h1-34H. The van der Waals surface area contributed by atoms with Crippen molar-refractivity contribution in [3.63, 3.8) is 0 Å². The van der Waals surface area contributed by atoms with E-state index in [2.05, 4.69) is 138 Å². The normalized spacial score (nSPS) is 11.2. The first-order chi connectivity index (χ1) is 27.7. The molecule has 5 heteroatoms. The Hall–Kier alpha value is -7.63. The lowest BCUT2D eigenvalue weighted by Crippen LogP contribution is -2.10. The van der Waals surface area contributed by atoms with Gasteiger partial charge in [0.25, 0.3) is 0 Å². The van der Waals surface area contributed by atoms with E-state index in [9.17, 15) is 0 Å². The van der Waals surface area contributed by atoms with Crippen molar-refractivity contribution in [2.75, 3.05) is 4.90 Å². The van der Waals surface area contributed by atoms with Gasteiger partial charge in [-0.1, -0.05) is 152 Å². The molecule has 8 aromatic carbocycles. The molecule has 10 rings (SSSR count). The van der Waals surface area contributed by atoms with E-state index in [1.165, 1.54) is 0 Å². The Bertz CT molecular complexity index is 2830. The Morgan fingerprint density at radius 1 is 0.321 bits per heavy atom. The molecule has 0 unspecified atom stereocenters. The second kappa shape index (κ2) is 14.3. The molecular weight excluding hydrogens is 685 g/mol. The van der Waals surface area contributed by atoms with Gasteiger partial charge in [-0.25, -0.2) is 15.0 Å². The summed E-state index contributed by atoms with van der Waals surface area (Å²) in [5.74, 6) is 1.82. The maximum Gasteiger partial charge on any atom is 0.164 e. The SMILES string of the molecule is c1ccc(-c2cc(-c3ccccc3)cc(N(c3ccccc3)c3cccc4oc5cc(-c6nc(-c7ccccc7)nc(-c7ccccc7)n6)ccc5c34)c2)cc1. The lowest BCUT2D eigenvalue weighted by atomic mass is 9.97. The predicted octanol–water partition coefficient (Wildman–Crippen LogP) is 13.6. The summed E-state index contributed by atoms with van der Waals surface area (Å²) in [6.45, 7) is 0. The van der Waals surface area contributed by atoms with Crippen LogP contribution in [0.2, 0.25) is 0 Å². The van der Waals surface area contributed by atoms with E-state index in [4.69, 9.17) is 19.4 Å². The number of nitrogens with zero attached hydrogens (tertiary/aromatic N) is 4. The smallest absolute Gasteiger partial charge is 0.164 e. The second-order valence-corrected chi connectivity index (χ2v) is 13.7. The van der Waals surface area contributed by atoms with E-state index in [-0.39, 0.29) is 0 Å². The first kappa shape index (κ1) is 33.0. The van der Waals surface area contributed by atoms with Crippen molar-refractivity contribution in [2.45, 2.75) is 0 Å². The van der Waals surface area contributed by atoms with Gasteiger partial charge >= 0.3 is 0 Å². The fraction of sp³-hybridized carbons (Fsp3) is 0. The maximum absolute atomic E-state index is 6.70. The molecule has 2 aromatic heterocycles. The molecule has 0 bridgehead atoms. The van der Waals surface area contributed by atoms with Crippen LogP contribution in [0, 0.1) is 0 Å². The van der Waals surface area contributed by atoms with Gasteiger partial charge < -0.3 is 9.32 Å². The van der Waals surface area contributed by atoms with E-state index in [0.717, 1.165) is 77.9 Å². The third-order valence-electron chi connectivity index (χ3n) is 10.1. The highest BCUT2D eigenvalue weighted by atomic mass is 16.3. The Labute approximate surface area is 324 Å². The molecule has 2 heterocycles. The topological polar surface area (TPSA) is 55.1 Å².